The van der Waals surface area contributed by atoms with Crippen LogP contribution in [0, 0.1) is 23.4 Å². The molecule has 10 heteroatoms. The third kappa shape index (κ3) is 3.64. The lowest BCUT2D eigenvalue weighted by Gasteiger charge is -2.21. The second kappa shape index (κ2) is 6.31. The number of oxime groups is 1. The fourth-order valence-electron chi connectivity index (χ4n) is 1.61. The number of rotatable bonds is 5. The first-order valence-corrected chi connectivity index (χ1v) is 7.13. The standard InChI is InChI=1S/C11H14F3N3O3S/c1-6(11(15)16-18)5-17(2)21(19,20)10-8(13)3-7(12)4-9(10)14/h3-4,6,18H,5H2,1-2H3,(H2,15,16). The highest BCUT2D eigenvalue weighted by Crippen LogP contribution is 2.23. The smallest absolute Gasteiger partial charge is 0.248 e. The summed E-state index contributed by atoms with van der Waals surface area (Å²) in [7, 11) is -3.46. The largest absolute Gasteiger partial charge is 0.409 e. The van der Waals surface area contributed by atoms with Gasteiger partial charge >= 0.3 is 0 Å². The number of amidine groups is 1. The van der Waals surface area contributed by atoms with Crippen molar-refractivity contribution in [2.45, 2.75) is 11.8 Å². The van der Waals surface area contributed by atoms with Gasteiger partial charge in [0.1, 0.15) is 23.3 Å². The molecule has 21 heavy (non-hydrogen) atoms. The van der Waals surface area contributed by atoms with Crippen LogP contribution in [0.5, 0.6) is 0 Å². The Labute approximate surface area is 119 Å². The lowest BCUT2D eigenvalue weighted by Crippen LogP contribution is -2.37. The maximum Gasteiger partial charge on any atom is 0.248 e. The van der Waals surface area contributed by atoms with Gasteiger partial charge in [-0.3, -0.25) is 0 Å². The van der Waals surface area contributed by atoms with Gasteiger partial charge in [-0.15, -0.1) is 0 Å². The molecule has 0 aromatic heterocycles. The van der Waals surface area contributed by atoms with Crippen molar-refractivity contribution in [1.82, 2.24) is 4.31 Å². The fraction of sp³-hybridized carbons (Fsp3) is 0.364. The van der Waals surface area contributed by atoms with Gasteiger partial charge in [-0.2, -0.15) is 0 Å². The number of nitrogens with zero attached hydrogens (tertiary/aromatic N) is 2. The van der Waals surface area contributed by atoms with Crippen LogP contribution in [0.25, 0.3) is 0 Å². The average molecular weight is 325 g/mol. The molecule has 1 atom stereocenters. The number of halogens is 3. The van der Waals surface area contributed by atoms with Crippen molar-refractivity contribution < 1.29 is 26.8 Å². The monoisotopic (exact) mass is 325 g/mol. The van der Waals surface area contributed by atoms with E-state index in [9.17, 15) is 21.6 Å². The Morgan fingerprint density at radius 2 is 1.86 bits per heavy atom. The van der Waals surface area contributed by atoms with Crippen LogP contribution in [-0.2, 0) is 10.0 Å². The first-order chi connectivity index (χ1) is 9.61. The van der Waals surface area contributed by atoms with Crippen molar-refractivity contribution in [3.05, 3.63) is 29.6 Å². The number of benzene rings is 1. The van der Waals surface area contributed by atoms with E-state index in [4.69, 9.17) is 10.9 Å². The van der Waals surface area contributed by atoms with Crippen LogP contribution in [0.2, 0.25) is 0 Å². The summed E-state index contributed by atoms with van der Waals surface area (Å²) in [5.41, 5.74) is 5.31. The van der Waals surface area contributed by atoms with Gasteiger partial charge in [-0.25, -0.2) is 25.9 Å². The first kappa shape index (κ1) is 17.2. The molecule has 0 spiro atoms. The van der Waals surface area contributed by atoms with E-state index in [0.29, 0.717) is 4.31 Å². The van der Waals surface area contributed by atoms with Crippen molar-refractivity contribution in [3.8, 4) is 0 Å². The molecule has 1 rings (SSSR count). The van der Waals surface area contributed by atoms with E-state index >= 15 is 0 Å². The van der Waals surface area contributed by atoms with E-state index < -0.39 is 38.3 Å². The van der Waals surface area contributed by atoms with Gasteiger partial charge in [0.05, 0.1) is 0 Å². The Hall–Kier alpha value is -1.81. The van der Waals surface area contributed by atoms with Crippen molar-refractivity contribution in [2.24, 2.45) is 16.8 Å². The predicted molar refractivity (Wildman–Crippen MR) is 68.7 cm³/mol. The minimum Gasteiger partial charge on any atom is -0.409 e. The van der Waals surface area contributed by atoms with Crippen LogP contribution in [0.1, 0.15) is 6.92 Å². The normalized spacial score (nSPS) is 14.5. The van der Waals surface area contributed by atoms with Gasteiger partial charge in [0.15, 0.2) is 4.90 Å². The summed E-state index contributed by atoms with van der Waals surface area (Å²) >= 11 is 0. The van der Waals surface area contributed by atoms with Crippen LogP contribution in [-0.4, -0.2) is 37.4 Å². The molecule has 0 amide bonds. The Morgan fingerprint density at radius 3 is 2.29 bits per heavy atom. The van der Waals surface area contributed by atoms with Crippen molar-refractivity contribution in [2.75, 3.05) is 13.6 Å². The molecule has 0 fully saturated rings. The molecule has 0 saturated heterocycles. The minimum absolute atomic E-state index is 0.239. The van der Waals surface area contributed by atoms with Gasteiger partial charge in [0.25, 0.3) is 0 Å². The zero-order chi connectivity index (χ0) is 16.4. The maximum atomic E-state index is 13.6. The first-order valence-electron chi connectivity index (χ1n) is 5.69. The molecule has 118 valence electrons. The second-order valence-electron chi connectivity index (χ2n) is 4.41. The highest BCUT2D eigenvalue weighted by Gasteiger charge is 2.30. The maximum absolute atomic E-state index is 13.6. The van der Waals surface area contributed by atoms with E-state index in [1.165, 1.54) is 6.92 Å². The topological polar surface area (TPSA) is 96.0 Å². The quantitative estimate of drug-likeness (QED) is 0.367. The third-order valence-corrected chi connectivity index (χ3v) is 4.66. The molecule has 0 radical (unpaired) electrons. The van der Waals surface area contributed by atoms with E-state index in [1.54, 1.807) is 0 Å². The summed E-state index contributed by atoms with van der Waals surface area (Å²) in [6.07, 6.45) is 0. The molecule has 0 heterocycles. The van der Waals surface area contributed by atoms with E-state index in [0.717, 1.165) is 7.05 Å². The average Bonchev–Trinajstić information content (AvgIpc) is 2.35. The van der Waals surface area contributed by atoms with E-state index in [2.05, 4.69) is 5.16 Å². The van der Waals surface area contributed by atoms with Gasteiger partial charge in [-0.1, -0.05) is 12.1 Å². The Morgan fingerprint density at radius 1 is 1.38 bits per heavy atom. The predicted octanol–water partition coefficient (Wildman–Crippen LogP) is 1.11. The zero-order valence-electron chi connectivity index (χ0n) is 11.2. The molecular formula is C11H14F3N3O3S. The van der Waals surface area contributed by atoms with Crippen molar-refractivity contribution >= 4 is 15.9 Å². The third-order valence-electron chi connectivity index (χ3n) is 2.78. The van der Waals surface area contributed by atoms with Crippen LogP contribution in [0.4, 0.5) is 13.2 Å². The van der Waals surface area contributed by atoms with Crippen molar-refractivity contribution in [1.29, 1.82) is 0 Å². The van der Waals surface area contributed by atoms with E-state index in [-0.39, 0.29) is 24.5 Å². The second-order valence-corrected chi connectivity index (χ2v) is 6.39. The van der Waals surface area contributed by atoms with Crippen LogP contribution >= 0.6 is 0 Å². The number of hydrogen-bond acceptors (Lipinski definition) is 4. The minimum atomic E-state index is -4.53. The van der Waals surface area contributed by atoms with Gasteiger partial charge in [0, 0.05) is 31.6 Å². The summed E-state index contributed by atoms with van der Waals surface area (Å²) < 4.78 is 64.8. The molecule has 0 saturated carbocycles. The zero-order valence-corrected chi connectivity index (χ0v) is 12.0. The summed E-state index contributed by atoms with van der Waals surface area (Å²) in [6.45, 7) is 1.17. The Kier molecular flexibility index (Phi) is 5.18. The van der Waals surface area contributed by atoms with Crippen LogP contribution < -0.4 is 5.73 Å². The van der Waals surface area contributed by atoms with Gasteiger partial charge in [0.2, 0.25) is 10.0 Å². The molecule has 0 aliphatic heterocycles. The number of hydrogen-bond donors (Lipinski definition) is 2. The van der Waals surface area contributed by atoms with Crippen molar-refractivity contribution in [3.63, 3.8) is 0 Å². The lowest BCUT2D eigenvalue weighted by atomic mass is 10.2. The molecule has 6 nitrogen and oxygen atoms in total. The van der Waals surface area contributed by atoms with Crippen LogP contribution in [0.3, 0.4) is 0 Å². The summed E-state index contributed by atoms with van der Waals surface area (Å²) in [5.74, 6) is -5.22. The lowest BCUT2D eigenvalue weighted by molar-refractivity contribution is 0.312. The molecule has 0 aliphatic carbocycles. The molecule has 0 bridgehead atoms. The molecular weight excluding hydrogens is 311 g/mol. The fourth-order valence-corrected chi connectivity index (χ4v) is 2.95. The SMILES string of the molecule is CC(CN(C)S(=O)(=O)c1c(F)cc(F)cc1F)C(N)=NO. The Balaban J connectivity index is 3.18. The number of sulfonamides is 1. The molecule has 1 aromatic rings. The molecule has 3 N–H and O–H groups in total. The molecule has 0 aliphatic rings. The summed E-state index contributed by atoms with van der Waals surface area (Å²) in [6, 6.07) is 0.549. The van der Waals surface area contributed by atoms with Crippen LogP contribution in [0.15, 0.2) is 22.2 Å². The number of nitrogens with two attached hydrogens (primary N) is 1. The molecule has 1 aromatic carbocycles. The van der Waals surface area contributed by atoms with Gasteiger partial charge < -0.3 is 10.9 Å². The van der Waals surface area contributed by atoms with Gasteiger partial charge in [-0.05, 0) is 0 Å². The highest BCUT2D eigenvalue weighted by molar-refractivity contribution is 7.89. The summed E-state index contributed by atoms with van der Waals surface area (Å²) in [4.78, 5) is -1.25. The highest BCUT2D eigenvalue weighted by atomic mass is 32.2. The molecule has 1 unspecified atom stereocenters. The summed E-state index contributed by atoms with van der Waals surface area (Å²) in [5, 5.41) is 11.2. The van der Waals surface area contributed by atoms with E-state index in [1.807, 2.05) is 0 Å². The Bertz CT molecular complexity index is 641.